The number of H-pyrrole nitrogens is 1. The lowest BCUT2D eigenvalue weighted by Gasteiger charge is -2.16. The minimum absolute atomic E-state index is 0.422. The van der Waals surface area contributed by atoms with Gasteiger partial charge in [-0.25, -0.2) is 4.98 Å². The second kappa shape index (κ2) is 14.7. The highest BCUT2D eigenvalue weighted by atomic mass is 31.1. The summed E-state index contributed by atoms with van der Waals surface area (Å²) in [5, 5.41) is 0. The molecule has 0 spiro atoms. The minimum Gasteiger partial charge on any atom is -0.351 e. The second-order valence-electron chi connectivity index (χ2n) is 4.66. The summed E-state index contributed by atoms with van der Waals surface area (Å²) in [5.41, 5.74) is 0. The molecule has 0 aliphatic heterocycles. The van der Waals surface area contributed by atoms with E-state index < -0.39 is 0 Å². The molecular formula is C15H31N2P. The second-order valence-corrected chi connectivity index (χ2v) is 7.35. The monoisotopic (exact) mass is 270 g/mol. The topological polar surface area (TPSA) is 28.7 Å². The van der Waals surface area contributed by atoms with Crippen molar-refractivity contribution < 1.29 is 0 Å². The maximum Gasteiger partial charge on any atom is 0.0919 e. The van der Waals surface area contributed by atoms with Crippen LogP contribution >= 0.6 is 7.92 Å². The molecule has 1 rings (SSSR count). The normalized spacial score (nSPS) is 10.2. The lowest BCUT2D eigenvalue weighted by Crippen LogP contribution is -1.95. The van der Waals surface area contributed by atoms with Crippen LogP contribution in [0.4, 0.5) is 0 Å². The van der Waals surface area contributed by atoms with E-state index in [0.29, 0.717) is 7.92 Å². The quantitative estimate of drug-likeness (QED) is 0.608. The molecule has 3 heteroatoms. The first-order valence-corrected chi connectivity index (χ1v) is 9.39. The molecule has 1 heterocycles. The SMILES string of the molecule is CCCCP(CCCC)CCCC.c1c[nH]cn1. The molecular weight excluding hydrogens is 239 g/mol. The number of aromatic nitrogens is 2. The van der Waals surface area contributed by atoms with E-state index in [4.69, 9.17) is 0 Å². The third-order valence-electron chi connectivity index (χ3n) is 2.89. The fourth-order valence-corrected chi connectivity index (χ4v) is 4.66. The van der Waals surface area contributed by atoms with Gasteiger partial charge in [0.25, 0.3) is 0 Å². The van der Waals surface area contributed by atoms with Gasteiger partial charge < -0.3 is 4.98 Å². The van der Waals surface area contributed by atoms with E-state index in [1.165, 1.54) is 38.5 Å². The average Bonchev–Trinajstić information content (AvgIpc) is 2.97. The number of imidazole rings is 1. The third kappa shape index (κ3) is 12.1. The number of aromatic amines is 1. The van der Waals surface area contributed by atoms with Crippen LogP contribution in [0.15, 0.2) is 18.7 Å². The predicted molar refractivity (Wildman–Crippen MR) is 84.8 cm³/mol. The summed E-state index contributed by atoms with van der Waals surface area (Å²) in [7, 11) is 0.422. The first-order chi connectivity index (χ1) is 8.85. The van der Waals surface area contributed by atoms with Gasteiger partial charge in [0.15, 0.2) is 0 Å². The molecule has 2 nitrogen and oxygen atoms in total. The van der Waals surface area contributed by atoms with E-state index in [-0.39, 0.29) is 0 Å². The van der Waals surface area contributed by atoms with Crippen molar-refractivity contribution in [2.45, 2.75) is 59.3 Å². The molecule has 1 aromatic rings. The van der Waals surface area contributed by atoms with Crippen LogP contribution in [-0.2, 0) is 0 Å². The summed E-state index contributed by atoms with van der Waals surface area (Å²) in [6.45, 7) is 6.94. The van der Waals surface area contributed by atoms with Gasteiger partial charge in [0.05, 0.1) is 6.33 Å². The van der Waals surface area contributed by atoms with E-state index in [1.54, 1.807) is 37.2 Å². The van der Waals surface area contributed by atoms with E-state index in [9.17, 15) is 0 Å². The molecule has 0 aliphatic rings. The maximum atomic E-state index is 3.67. The number of hydrogen-bond acceptors (Lipinski definition) is 1. The Labute approximate surface area is 115 Å². The zero-order valence-electron chi connectivity index (χ0n) is 12.5. The van der Waals surface area contributed by atoms with Gasteiger partial charge in [-0.15, -0.1) is 7.92 Å². The van der Waals surface area contributed by atoms with Crippen LogP contribution in [0.1, 0.15) is 59.3 Å². The Kier molecular flexibility index (Phi) is 14.4. The van der Waals surface area contributed by atoms with Crippen molar-refractivity contribution in [1.82, 2.24) is 9.97 Å². The lowest BCUT2D eigenvalue weighted by atomic mass is 10.4. The smallest absolute Gasteiger partial charge is 0.0919 e. The Morgan fingerprint density at radius 2 is 1.39 bits per heavy atom. The lowest BCUT2D eigenvalue weighted by molar-refractivity contribution is 0.847. The molecule has 0 radical (unpaired) electrons. The highest BCUT2D eigenvalue weighted by Gasteiger charge is 2.05. The van der Waals surface area contributed by atoms with Gasteiger partial charge in [0, 0.05) is 12.4 Å². The van der Waals surface area contributed by atoms with Crippen molar-refractivity contribution >= 4 is 7.92 Å². The molecule has 0 saturated carbocycles. The molecule has 0 fully saturated rings. The van der Waals surface area contributed by atoms with Gasteiger partial charge >= 0.3 is 0 Å². The molecule has 18 heavy (non-hydrogen) atoms. The van der Waals surface area contributed by atoms with Crippen LogP contribution in [0, 0.1) is 0 Å². The molecule has 1 N–H and O–H groups in total. The summed E-state index contributed by atoms with van der Waals surface area (Å²) in [5.74, 6) is 0. The summed E-state index contributed by atoms with van der Waals surface area (Å²) in [6.07, 6.45) is 18.3. The highest BCUT2D eigenvalue weighted by molar-refractivity contribution is 7.57. The number of hydrogen-bond donors (Lipinski definition) is 1. The molecule has 0 saturated heterocycles. The first-order valence-electron chi connectivity index (χ1n) is 7.50. The number of nitrogens with zero attached hydrogens (tertiary/aromatic N) is 1. The predicted octanol–water partition coefficient (Wildman–Crippen LogP) is 5.28. The van der Waals surface area contributed by atoms with Crippen LogP contribution in [0.3, 0.4) is 0 Å². The van der Waals surface area contributed by atoms with Gasteiger partial charge in [-0.1, -0.05) is 40.0 Å². The summed E-state index contributed by atoms with van der Waals surface area (Å²) in [4.78, 5) is 6.42. The Balaban J connectivity index is 0.000000473. The van der Waals surface area contributed by atoms with E-state index in [1.807, 2.05) is 0 Å². The standard InChI is InChI=1S/C12H27P.C3H4N2/c1-4-7-10-13(11-8-5-2)12-9-6-3;1-2-5-3-4-1/h4-12H2,1-3H3;1-3H,(H,4,5). The van der Waals surface area contributed by atoms with Crippen molar-refractivity contribution in [1.29, 1.82) is 0 Å². The Bertz CT molecular complexity index is 188. The van der Waals surface area contributed by atoms with Crippen molar-refractivity contribution in [2.24, 2.45) is 0 Å². The molecule has 0 unspecified atom stereocenters. The van der Waals surface area contributed by atoms with Crippen molar-refractivity contribution in [3.8, 4) is 0 Å². The Morgan fingerprint density at radius 3 is 1.61 bits per heavy atom. The molecule has 0 aliphatic carbocycles. The number of nitrogens with one attached hydrogen (secondary N) is 1. The zero-order valence-corrected chi connectivity index (χ0v) is 13.4. The molecule has 0 aromatic carbocycles. The fraction of sp³-hybridized carbons (Fsp3) is 0.800. The van der Waals surface area contributed by atoms with Gasteiger partial charge in [-0.2, -0.15) is 0 Å². The molecule has 106 valence electrons. The minimum atomic E-state index is 0.422. The van der Waals surface area contributed by atoms with Gasteiger partial charge in [0.1, 0.15) is 0 Å². The maximum absolute atomic E-state index is 3.67. The van der Waals surface area contributed by atoms with E-state index in [0.717, 1.165) is 0 Å². The van der Waals surface area contributed by atoms with Crippen LogP contribution in [0.25, 0.3) is 0 Å². The summed E-state index contributed by atoms with van der Waals surface area (Å²) < 4.78 is 0. The third-order valence-corrected chi connectivity index (χ3v) is 5.74. The first kappa shape index (κ1) is 17.6. The highest BCUT2D eigenvalue weighted by Crippen LogP contribution is 2.38. The van der Waals surface area contributed by atoms with Crippen molar-refractivity contribution in [3.63, 3.8) is 0 Å². The Morgan fingerprint density at radius 1 is 0.889 bits per heavy atom. The van der Waals surface area contributed by atoms with E-state index >= 15 is 0 Å². The summed E-state index contributed by atoms with van der Waals surface area (Å²) in [6, 6.07) is 0. The molecule has 0 atom stereocenters. The zero-order chi connectivity index (χ0) is 13.5. The van der Waals surface area contributed by atoms with Gasteiger partial charge in [-0.05, 0) is 37.7 Å². The van der Waals surface area contributed by atoms with Crippen LogP contribution in [0.2, 0.25) is 0 Å². The van der Waals surface area contributed by atoms with Crippen molar-refractivity contribution in [2.75, 3.05) is 18.5 Å². The van der Waals surface area contributed by atoms with Crippen molar-refractivity contribution in [3.05, 3.63) is 18.7 Å². The van der Waals surface area contributed by atoms with Crippen LogP contribution < -0.4 is 0 Å². The average molecular weight is 270 g/mol. The Hall–Kier alpha value is -0.360. The van der Waals surface area contributed by atoms with Gasteiger partial charge in [-0.3, -0.25) is 0 Å². The summed E-state index contributed by atoms with van der Waals surface area (Å²) >= 11 is 0. The van der Waals surface area contributed by atoms with E-state index in [2.05, 4.69) is 30.7 Å². The largest absolute Gasteiger partial charge is 0.351 e. The number of unbranched alkanes of at least 4 members (excludes halogenated alkanes) is 3. The molecule has 0 amide bonds. The van der Waals surface area contributed by atoms with Crippen LogP contribution in [-0.4, -0.2) is 28.5 Å². The number of rotatable bonds is 9. The van der Waals surface area contributed by atoms with Crippen LogP contribution in [0.5, 0.6) is 0 Å². The van der Waals surface area contributed by atoms with Gasteiger partial charge in [0.2, 0.25) is 0 Å². The molecule has 0 bridgehead atoms. The molecule has 1 aromatic heterocycles. The fourth-order valence-electron chi connectivity index (χ4n) is 1.70.